The Balaban J connectivity index is 1.86. The van der Waals surface area contributed by atoms with E-state index in [9.17, 15) is 13.2 Å². The quantitative estimate of drug-likeness (QED) is 0.614. The Kier molecular flexibility index (Phi) is 7.31. The van der Waals surface area contributed by atoms with Crippen LogP contribution in [0.2, 0.25) is 0 Å². The zero-order valence-corrected chi connectivity index (χ0v) is 18.8. The van der Waals surface area contributed by atoms with Crippen molar-refractivity contribution in [2.24, 2.45) is 5.92 Å². The molecule has 0 unspecified atom stereocenters. The standard InChI is InChI=1S/C21H27ClN4O3S/c1-26(2)20-13-23-19(12-24-20)25-21(27)18(10-15-6-3-4-7-15)16-8-5-9-17(11-16)30(28,29)14-22/h5,8-9,11-13,15,18H,3-4,6-7,10,14H2,1-2H3,(H,23,25,27)/t18-/m1/s1. The van der Waals surface area contributed by atoms with Gasteiger partial charge in [0.1, 0.15) is 11.0 Å². The molecule has 1 aromatic heterocycles. The van der Waals surface area contributed by atoms with Gasteiger partial charge >= 0.3 is 0 Å². The monoisotopic (exact) mass is 450 g/mol. The van der Waals surface area contributed by atoms with Crippen molar-refractivity contribution < 1.29 is 13.2 Å². The van der Waals surface area contributed by atoms with Gasteiger partial charge in [0.15, 0.2) is 15.7 Å². The molecule has 7 nitrogen and oxygen atoms in total. The molecule has 0 aliphatic heterocycles. The highest BCUT2D eigenvalue weighted by Gasteiger charge is 2.28. The Bertz CT molecular complexity index is 974. The fraction of sp³-hybridized carbons (Fsp3) is 0.476. The van der Waals surface area contributed by atoms with Gasteiger partial charge in [-0.05, 0) is 30.0 Å². The van der Waals surface area contributed by atoms with E-state index in [1.807, 2.05) is 19.0 Å². The van der Waals surface area contributed by atoms with Gasteiger partial charge < -0.3 is 10.2 Å². The fourth-order valence-corrected chi connectivity index (χ4v) is 4.90. The Morgan fingerprint density at radius 1 is 1.23 bits per heavy atom. The average Bonchev–Trinajstić information content (AvgIpc) is 3.25. The van der Waals surface area contributed by atoms with Crippen LogP contribution in [0.25, 0.3) is 0 Å². The zero-order chi connectivity index (χ0) is 21.7. The molecular weight excluding hydrogens is 424 g/mol. The number of benzene rings is 1. The molecule has 1 fully saturated rings. The lowest BCUT2D eigenvalue weighted by Gasteiger charge is -2.21. The highest BCUT2D eigenvalue weighted by Crippen LogP contribution is 2.35. The number of sulfone groups is 1. The van der Waals surface area contributed by atoms with Crippen LogP contribution in [0.15, 0.2) is 41.6 Å². The summed E-state index contributed by atoms with van der Waals surface area (Å²) in [5, 5.41) is 2.35. The van der Waals surface area contributed by atoms with Crippen molar-refractivity contribution in [2.45, 2.75) is 42.9 Å². The van der Waals surface area contributed by atoms with Crippen molar-refractivity contribution in [3.8, 4) is 0 Å². The minimum atomic E-state index is -3.57. The molecular formula is C21H27ClN4O3S. The number of amides is 1. The summed E-state index contributed by atoms with van der Waals surface area (Å²) < 4.78 is 24.4. The van der Waals surface area contributed by atoms with E-state index in [1.54, 1.807) is 24.4 Å². The predicted octanol–water partition coefficient (Wildman–Crippen LogP) is 3.82. The predicted molar refractivity (Wildman–Crippen MR) is 119 cm³/mol. The molecule has 1 aliphatic rings. The molecule has 1 heterocycles. The zero-order valence-electron chi connectivity index (χ0n) is 17.2. The van der Waals surface area contributed by atoms with E-state index in [4.69, 9.17) is 11.6 Å². The van der Waals surface area contributed by atoms with Crippen LogP contribution >= 0.6 is 11.6 Å². The molecule has 1 aromatic carbocycles. The molecule has 0 saturated heterocycles. The third-order valence-electron chi connectivity index (χ3n) is 5.47. The fourth-order valence-electron chi connectivity index (χ4n) is 3.79. The first-order valence-electron chi connectivity index (χ1n) is 9.99. The molecule has 2 aromatic rings. The number of carbonyl (C=O) groups excluding carboxylic acids is 1. The van der Waals surface area contributed by atoms with Gasteiger partial charge in [0.25, 0.3) is 0 Å². The summed E-state index contributed by atoms with van der Waals surface area (Å²) >= 11 is 5.62. The van der Waals surface area contributed by atoms with Gasteiger partial charge in [-0.25, -0.2) is 18.4 Å². The summed E-state index contributed by atoms with van der Waals surface area (Å²) in [5.74, 6) is 0.806. The molecule has 1 N–H and O–H groups in total. The summed E-state index contributed by atoms with van der Waals surface area (Å²) in [6.07, 6.45) is 8.28. The molecule has 0 radical (unpaired) electrons. The molecule has 1 amide bonds. The number of halogens is 1. The van der Waals surface area contributed by atoms with Crippen LogP contribution < -0.4 is 10.2 Å². The lowest BCUT2D eigenvalue weighted by molar-refractivity contribution is -0.118. The van der Waals surface area contributed by atoms with E-state index in [-0.39, 0.29) is 10.8 Å². The van der Waals surface area contributed by atoms with Gasteiger partial charge in [0.2, 0.25) is 5.91 Å². The summed E-state index contributed by atoms with van der Waals surface area (Å²) in [6, 6.07) is 6.54. The SMILES string of the molecule is CN(C)c1cnc(NC(=O)[C@H](CC2CCCC2)c2cccc(S(=O)(=O)CCl)c2)cn1. The Morgan fingerprint density at radius 2 is 1.97 bits per heavy atom. The topological polar surface area (TPSA) is 92.3 Å². The summed E-state index contributed by atoms with van der Waals surface area (Å²) in [6.45, 7) is 0. The molecule has 1 saturated carbocycles. The normalized spacial score (nSPS) is 15.7. The summed E-state index contributed by atoms with van der Waals surface area (Å²) in [7, 11) is 0.154. The van der Waals surface area contributed by atoms with Gasteiger partial charge in [-0.2, -0.15) is 0 Å². The number of alkyl halides is 1. The first kappa shape index (κ1) is 22.5. The number of anilines is 2. The second kappa shape index (κ2) is 9.75. The van der Waals surface area contributed by atoms with Crippen LogP contribution in [0.4, 0.5) is 11.6 Å². The third kappa shape index (κ3) is 5.49. The van der Waals surface area contributed by atoms with E-state index >= 15 is 0 Å². The molecule has 162 valence electrons. The van der Waals surface area contributed by atoms with Crippen molar-refractivity contribution in [1.29, 1.82) is 0 Å². The molecule has 3 rings (SSSR count). The number of carbonyl (C=O) groups is 1. The van der Waals surface area contributed by atoms with Gasteiger partial charge in [-0.3, -0.25) is 4.79 Å². The maximum Gasteiger partial charge on any atom is 0.233 e. The molecule has 1 aliphatic carbocycles. The number of nitrogens with zero attached hydrogens (tertiary/aromatic N) is 3. The van der Waals surface area contributed by atoms with Crippen LogP contribution in [-0.2, 0) is 14.6 Å². The van der Waals surface area contributed by atoms with Crippen molar-refractivity contribution >= 4 is 39.0 Å². The maximum atomic E-state index is 13.2. The Hall–Kier alpha value is -2.19. The van der Waals surface area contributed by atoms with Crippen LogP contribution in [-0.4, -0.2) is 43.6 Å². The van der Waals surface area contributed by atoms with E-state index < -0.39 is 21.0 Å². The minimum absolute atomic E-state index is 0.134. The lowest BCUT2D eigenvalue weighted by Crippen LogP contribution is -2.24. The summed E-state index contributed by atoms with van der Waals surface area (Å²) in [5.41, 5.74) is 0.670. The van der Waals surface area contributed by atoms with Crippen molar-refractivity contribution in [3.05, 3.63) is 42.2 Å². The molecule has 30 heavy (non-hydrogen) atoms. The van der Waals surface area contributed by atoms with Gasteiger partial charge in [0.05, 0.1) is 23.2 Å². The van der Waals surface area contributed by atoms with E-state index in [0.717, 1.165) is 25.7 Å². The second-order valence-electron chi connectivity index (χ2n) is 7.88. The highest BCUT2D eigenvalue weighted by atomic mass is 35.5. The van der Waals surface area contributed by atoms with Crippen molar-refractivity contribution in [2.75, 3.05) is 29.5 Å². The number of rotatable bonds is 8. The molecule has 0 bridgehead atoms. The second-order valence-corrected chi connectivity index (χ2v) is 10.5. The third-order valence-corrected chi connectivity index (χ3v) is 7.59. The summed E-state index contributed by atoms with van der Waals surface area (Å²) in [4.78, 5) is 23.7. The minimum Gasteiger partial charge on any atom is -0.361 e. The molecule has 0 spiro atoms. The highest BCUT2D eigenvalue weighted by molar-refractivity contribution is 7.92. The maximum absolute atomic E-state index is 13.2. The first-order chi connectivity index (χ1) is 14.3. The van der Waals surface area contributed by atoms with Gasteiger partial charge in [0, 0.05) is 14.1 Å². The average molecular weight is 451 g/mol. The number of hydrogen-bond acceptors (Lipinski definition) is 6. The van der Waals surface area contributed by atoms with Crippen LogP contribution in [0.3, 0.4) is 0 Å². The Labute approximate surface area is 182 Å². The van der Waals surface area contributed by atoms with E-state index in [0.29, 0.717) is 29.5 Å². The van der Waals surface area contributed by atoms with E-state index in [1.165, 1.54) is 12.3 Å². The van der Waals surface area contributed by atoms with Crippen LogP contribution in [0.1, 0.15) is 43.6 Å². The van der Waals surface area contributed by atoms with Crippen LogP contribution in [0.5, 0.6) is 0 Å². The Morgan fingerprint density at radius 3 is 2.57 bits per heavy atom. The lowest BCUT2D eigenvalue weighted by atomic mass is 9.87. The number of nitrogens with one attached hydrogen (secondary N) is 1. The van der Waals surface area contributed by atoms with E-state index in [2.05, 4.69) is 15.3 Å². The smallest absolute Gasteiger partial charge is 0.233 e. The number of aromatic nitrogens is 2. The van der Waals surface area contributed by atoms with Crippen LogP contribution in [0, 0.1) is 5.92 Å². The molecule has 9 heteroatoms. The number of hydrogen-bond donors (Lipinski definition) is 1. The van der Waals surface area contributed by atoms with Crippen molar-refractivity contribution in [1.82, 2.24) is 9.97 Å². The molecule has 1 atom stereocenters. The largest absolute Gasteiger partial charge is 0.361 e. The van der Waals surface area contributed by atoms with Gasteiger partial charge in [-0.1, -0.05) is 37.8 Å². The van der Waals surface area contributed by atoms with Crippen molar-refractivity contribution in [3.63, 3.8) is 0 Å². The first-order valence-corrected chi connectivity index (χ1v) is 12.2. The van der Waals surface area contributed by atoms with Gasteiger partial charge in [-0.15, -0.1) is 11.6 Å².